The highest BCUT2D eigenvalue weighted by Gasteiger charge is 2.41. The Balaban J connectivity index is 2.37. The molecule has 0 amide bonds. The summed E-state index contributed by atoms with van der Waals surface area (Å²) in [6.45, 7) is 3.98. The van der Waals surface area contributed by atoms with Crippen LogP contribution in [0.25, 0.3) is 0 Å². The topological polar surface area (TPSA) is 37.3 Å². The molecule has 2 nitrogen and oxygen atoms in total. The monoisotopic (exact) mass is 218 g/mol. The zero-order chi connectivity index (χ0) is 11.8. The van der Waals surface area contributed by atoms with Gasteiger partial charge in [0.1, 0.15) is 6.10 Å². The van der Waals surface area contributed by atoms with Crippen molar-refractivity contribution in [1.82, 2.24) is 0 Å². The second-order valence-electron chi connectivity index (χ2n) is 4.97. The largest absolute Gasteiger partial charge is 0.385 e. The lowest BCUT2D eigenvalue weighted by Gasteiger charge is -2.35. The average molecular weight is 218 g/mol. The van der Waals surface area contributed by atoms with Gasteiger partial charge in [-0.15, -0.1) is 0 Å². The lowest BCUT2D eigenvalue weighted by atomic mass is 9.69. The SMILES string of the molecule is Cc1ccc(C2(C)CCCC(O)C2=O)cc1. The smallest absolute Gasteiger partial charge is 0.171 e. The maximum atomic E-state index is 12.1. The average Bonchev–Trinajstić information content (AvgIpc) is 2.27. The van der Waals surface area contributed by atoms with Crippen molar-refractivity contribution < 1.29 is 9.90 Å². The summed E-state index contributed by atoms with van der Waals surface area (Å²) in [5, 5.41) is 9.68. The van der Waals surface area contributed by atoms with Crippen LogP contribution in [0.1, 0.15) is 37.3 Å². The summed E-state index contributed by atoms with van der Waals surface area (Å²) in [4.78, 5) is 12.1. The van der Waals surface area contributed by atoms with Gasteiger partial charge in [-0.1, -0.05) is 29.8 Å². The molecule has 1 fully saturated rings. The first kappa shape index (κ1) is 11.3. The van der Waals surface area contributed by atoms with E-state index in [1.165, 1.54) is 5.56 Å². The van der Waals surface area contributed by atoms with Gasteiger partial charge in [-0.2, -0.15) is 0 Å². The Bertz CT molecular complexity index is 394. The first-order valence-electron chi connectivity index (χ1n) is 5.83. The molecule has 1 aromatic carbocycles. The molecule has 0 aliphatic heterocycles. The van der Waals surface area contributed by atoms with E-state index in [-0.39, 0.29) is 5.78 Å². The minimum atomic E-state index is -0.778. The number of Topliss-reactive ketones (excluding diaryl/α,β-unsaturated/α-hetero) is 1. The molecule has 2 unspecified atom stereocenters. The molecule has 2 atom stereocenters. The number of rotatable bonds is 1. The van der Waals surface area contributed by atoms with E-state index in [4.69, 9.17) is 0 Å². The van der Waals surface area contributed by atoms with E-state index in [9.17, 15) is 9.90 Å². The van der Waals surface area contributed by atoms with Crippen LogP contribution in [0.15, 0.2) is 24.3 Å². The summed E-state index contributed by atoms with van der Waals surface area (Å²) in [7, 11) is 0. The van der Waals surface area contributed by atoms with Crippen molar-refractivity contribution in [3.8, 4) is 0 Å². The van der Waals surface area contributed by atoms with Crippen molar-refractivity contribution in [1.29, 1.82) is 0 Å². The fourth-order valence-electron chi connectivity index (χ4n) is 2.48. The van der Waals surface area contributed by atoms with Crippen LogP contribution in [0, 0.1) is 6.92 Å². The van der Waals surface area contributed by atoms with Crippen LogP contribution >= 0.6 is 0 Å². The van der Waals surface area contributed by atoms with E-state index < -0.39 is 11.5 Å². The molecule has 2 rings (SSSR count). The number of aliphatic hydroxyl groups is 1. The quantitative estimate of drug-likeness (QED) is 0.785. The van der Waals surface area contributed by atoms with E-state index in [2.05, 4.69) is 0 Å². The second-order valence-corrected chi connectivity index (χ2v) is 4.97. The van der Waals surface area contributed by atoms with E-state index in [1.54, 1.807) is 0 Å². The molecular formula is C14H18O2. The molecule has 1 saturated carbocycles. The molecule has 1 N–H and O–H groups in total. The highest BCUT2D eigenvalue weighted by atomic mass is 16.3. The van der Waals surface area contributed by atoms with Gasteiger partial charge >= 0.3 is 0 Å². The third kappa shape index (κ3) is 1.78. The molecule has 86 valence electrons. The maximum Gasteiger partial charge on any atom is 0.171 e. The molecule has 2 heteroatoms. The summed E-state index contributed by atoms with van der Waals surface area (Å²) >= 11 is 0. The molecule has 0 saturated heterocycles. The summed E-state index contributed by atoms with van der Waals surface area (Å²) < 4.78 is 0. The van der Waals surface area contributed by atoms with Crippen molar-refractivity contribution in [2.45, 2.75) is 44.6 Å². The number of aryl methyl sites for hydroxylation is 1. The first-order chi connectivity index (χ1) is 7.54. The van der Waals surface area contributed by atoms with Crippen LogP contribution in [0.4, 0.5) is 0 Å². The predicted octanol–water partition coefficient (Wildman–Crippen LogP) is 2.37. The summed E-state index contributed by atoms with van der Waals surface area (Å²) in [6, 6.07) is 8.06. The fourth-order valence-corrected chi connectivity index (χ4v) is 2.48. The summed E-state index contributed by atoms with van der Waals surface area (Å²) in [5.74, 6) is -0.0254. The van der Waals surface area contributed by atoms with Gasteiger partial charge in [-0.3, -0.25) is 4.79 Å². The molecule has 0 heterocycles. The first-order valence-corrected chi connectivity index (χ1v) is 5.83. The van der Waals surface area contributed by atoms with Crippen molar-refractivity contribution in [3.63, 3.8) is 0 Å². The Morgan fingerprint density at radius 3 is 2.56 bits per heavy atom. The number of carbonyl (C=O) groups excluding carboxylic acids is 1. The lowest BCUT2D eigenvalue weighted by Crippen LogP contribution is -2.43. The minimum absolute atomic E-state index is 0.0254. The predicted molar refractivity (Wildman–Crippen MR) is 63.4 cm³/mol. The number of hydrogen-bond acceptors (Lipinski definition) is 2. The Labute approximate surface area is 96.3 Å². The highest BCUT2D eigenvalue weighted by Crippen LogP contribution is 2.36. The Morgan fingerprint density at radius 2 is 1.94 bits per heavy atom. The Kier molecular flexibility index (Phi) is 2.85. The zero-order valence-electron chi connectivity index (χ0n) is 9.86. The molecular weight excluding hydrogens is 200 g/mol. The third-order valence-corrected chi connectivity index (χ3v) is 3.69. The minimum Gasteiger partial charge on any atom is -0.385 e. The van der Waals surface area contributed by atoms with Gasteiger partial charge in [0.05, 0.1) is 5.41 Å². The standard InChI is InChI=1S/C14H18O2/c1-10-5-7-11(8-6-10)14(2)9-3-4-12(15)13(14)16/h5-8,12,15H,3-4,9H2,1-2H3. The van der Waals surface area contributed by atoms with E-state index in [0.29, 0.717) is 6.42 Å². The van der Waals surface area contributed by atoms with Gasteiger partial charge in [0.2, 0.25) is 0 Å². The maximum absolute atomic E-state index is 12.1. The number of hydrogen-bond donors (Lipinski definition) is 1. The Morgan fingerprint density at radius 1 is 1.31 bits per heavy atom. The van der Waals surface area contributed by atoms with Gasteiger partial charge in [-0.05, 0) is 38.7 Å². The summed E-state index contributed by atoms with van der Waals surface area (Å²) in [6.07, 6.45) is 1.59. The van der Waals surface area contributed by atoms with Gasteiger partial charge in [-0.25, -0.2) is 0 Å². The summed E-state index contributed by atoms with van der Waals surface area (Å²) in [5.41, 5.74) is 1.73. The molecule has 1 aromatic rings. The molecule has 0 aromatic heterocycles. The van der Waals surface area contributed by atoms with Crippen LogP contribution in [0.5, 0.6) is 0 Å². The fraction of sp³-hybridized carbons (Fsp3) is 0.500. The molecule has 16 heavy (non-hydrogen) atoms. The Hall–Kier alpha value is -1.15. The van der Waals surface area contributed by atoms with Crippen LogP contribution in [0.3, 0.4) is 0 Å². The zero-order valence-corrected chi connectivity index (χ0v) is 9.86. The van der Waals surface area contributed by atoms with E-state index in [1.807, 2.05) is 38.1 Å². The number of ketones is 1. The molecule has 0 spiro atoms. The van der Waals surface area contributed by atoms with Crippen molar-refractivity contribution >= 4 is 5.78 Å². The second kappa shape index (κ2) is 4.02. The van der Waals surface area contributed by atoms with Crippen molar-refractivity contribution in [2.24, 2.45) is 0 Å². The van der Waals surface area contributed by atoms with Crippen LogP contribution in [-0.2, 0) is 10.2 Å². The molecule has 1 aliphatic carbocycles. The number of aliphatic hydroxyl groups excluding tert-OH is 1. The molecule has 0 radical (unpaired) electrons. The number of carbonyl (C=O) groups is 1. The van der Waals surface area contributed by atoms with Crippen LogP contribution in [0.2, 0.25) is 0 Å². The van der Waals surface area contributed by atoms with Gasteiger partial charge < -0.3 is 5.11 Å². The van der Waals surface area contributed by atoms with Gasteiger partial charge in [0, 0.05) is 0 Å². The third-order valence-electron chi connectivity index (χ3n) is 3.69. The van der Waals surface area contributed by atoms with Crippen LogP contribution in [-0.4, -0.2) is 17.0 Å². The molecule has 0 bridgehead atoms. The lowest BCUT2D eigenvalue weighted by molar-refractivity contribution is -0.135. The van der Waals surface area contributed by atoms with Crippen molar-refractivity contribution in [3.05, 3.63) is 35.4 Å². The number of benzene rings is 1. The van der Waals surface area contributed by atoms with Gasteiger partial charge in [0.25, 0.3) is 0 Å². The molecule has 1 aliphatic rings. The van der Waals surface area contributed by atoms with Crippen LogP contribution < -0.4 is 0 Å². The van der Waals surface area contributed by atoms with E-state index >= 15 is 0 Å². The van der Waals surface area contributed by atoms with E-state index in [0.717, 1.165) is 18.4 Å². The highest BCUT2D eigenvalue weighted by molar-refractivity contribution is 5.93. The normalized spacial score (nSPS) is 30.4. The van der Waals surface area contributed by atoms with Crippen molar-refractivity contribution in [2.75, 3.05) is 0 Å². The van der Waals surface area contributed by atoms with Gasteiger partial charge in [0.15, 0.2) is 5.78 Å².